The van der Waals surface area contributed by atoms with Gasteiger partial charge in [-0.1, -0.05) is 6.07 Å². The molecule has 2 rings (SSSR count). The van der Waals surface area contributed by atoms with Gasteiger partial charge in [0.15, 0.2) is 0 Å². The first kappa shape index (κ1) is 7.17. The largest absolute Gasteiger partial charge is 0.207 e. The fourth-order valence-corrected chi connectivity index (χ4v) is 1.96. The maximum atomic E-state index is 12.7. The minimum absolute atomic E-state index is 0.133. The molecule has 1 aliphatic carbocycles. The first-order valence-corrected chi connectivity index (χ1v) is 4.23. The number of halogens is 1. The third kappa shape index (κ3) is 1.27. The van der Waals surface area contributed by atoms with Crippen molar-refractivity contribution in [3.63, 3.8) is 0 Å². The molecule has 1 aromatic rings. The normalized spacial score (nSPS) is 21.8. The molecule has 1 aromatic carbocycles. The van der Waals surface area contributed by atoms with Crippen molar-refractivity contribution in [2.75, 3.05) is 0 Å². The minimum Gasteiger partial charge on any atom is -0.207 e. The van der Waals surface area contributed by atoms with E-state index >= 15 is 0 Å². The van der Waals surface area contributed by atoms with Crippen LogP contribution >= 0.6 is 12.6 Å². The second-order valence-corrected chi connectivity index (χ2v) is 3.71. The fraction of sp³-hybridized carbons (Fsp3) is 0.333. The number of benzene rings is 1. The van der Waals surface area contributed by atoms with Crippen LogP contribution in [0.25, 0.3) is 0 Å². The molecule has 0 spiro atoms. The standard InChI is InChI=1S/C9H9FS/c10-8-2-1-6-4-9(11)5-7(6)3-8/h1-3,9,11H,4-5H2. The van der Waals surface area contributed by atoms with Gasteiger partial charge in [0, 0.05) is 5.25 Å². The van der Waals surface area contributed by atoms with E-state index in [1.54, 1.807) is 6.07 Å². The van der Waals surface area contributed by atoms with Crippen LogP contribution in [0.3, 0.4) is 0 Å². The van der Waals surface area contributed by atoms with Crippen LogP contribution < -0.4 is 0 Å². The summed E-state index contributed by atoms with van der Waals surface area (Å²) in [5, 5.41) is 0.395. The summed E-state index contributed by atoms with van der Waals surface area (Å²) in [6.45, 7) is 0. The molecule has 1 unspecified atom stereocenters. The summed E-state index contributed by atoms with van der Waals surface area (Å²) in [7, 11) is 0. The Bertz CT molecular complexity index is 283. The summed E-state index contributed by atoms with van der Waals surface area (Å²) in [6, 6.07) is 5.00. The number of hydrogen-bond acceptors (Lipinski definition) is 1. The van der Waals surface area contributed by atoms with Gasteiger partial charge in [-0.05, 0) is 36.1 Å². The minimum atomic E-state index is -0.133. The van der Waals surface area contributed by atoms with E-state index in [0.29, 0.717) is 5.25 Å². The number of thiol groups is 1. The van der Waals surface area contributed by atoms with E-state index in [1.165, 1.54) is 11.6 Å². The topological polar surface area (TPSA) is 0 Å². The van der Waals surface area contributed by atoms with Crippen LogP contribution in [-0.4, -0.2) is 5.25 Å². The molecule has 2 heteroatoms. The van der Waals surface area contributed by atoms with Crippen molar-refractivity contribution < 1.29 is 4.39 Å². The van der Waals surface area contributed by atoms with Crippen molar-refractivity contribution in [3.8, 4) is 0 Å². The van der Waals surface area contributed by atoms with Gasteiger partial charge in [0.25, 0.3) is 0 Å². The van der Waals surface area contributed by atoms with E-state index in [4.69, 9.17) is 0 Å². The van der Waals surface area contributed by atoms with E-state index in [-0.39, 0.29) is 5.82 Å². The smallest absolute Gasteiger partial charge is 0.123 e. The average molecular weight is 168 g/mol. The molecule has 0 radical (unpaired) electrons. The monoisotopic (exact) mass is 168 g/mol. The Morgan fingerprint density at radius 2 is 2.00 bits per heavy atom. The van der Waals surface area contributed by atoms with Crippen molar-refractivity contribution >= 4 is 12.6 Å². The lowest BCUT2D eigenvalue weighted by Gasteiger charge is -1.95. The Balaban J connectivity index is 2.43. The molecule has 0 heterocycles. The highest BCUT2D eigenvalue weighted by Gasteiger charge is 2.17. The lowest BCUT2D eigenvalue weighted by molar-refractivity contribution is 0.626. The first-order valence-electron chi connectivity index (χ1n) is 3.71. The van der Waals surface area contributed by atoms with E-state index in [9.17, 15) is 4.39 Å². The van der Waals surface area contributed by atoms with Crippen molar-refractivity contribution in [3.05, 3.63) is 35.1 Å². The Morgan fingerprint density at radius 1 is 1.27 bits per heavy atom. The zero-order chi connectivity index (χ0) is 7.84. The maximum Gasteiger partial charge on any atom is 0.123 e. The lowest BCUT2D eigenvalue weighted by atomic mass is 10.1. The molecule has 0 saturated heterocycles. The zero-order valence-electron chi connectivity index (χ0n) is 6.05. The summed E-state index contributed by atoms with van der Waals surface area (Å²) in [5.74, 6) is -0.133. The van der Waals surface area contributed by atoms with Crippen molar-refractivity contribution in [1.82, 2.24) is 0 Å². The number of rotatable bonds is 0. The third-order valence-corrected chi connectivity index (χ3v) is 2.44. The maximum absolute atomic E-state index is 12.7. The van der Waals surface area contributed by atoms with Crippen molar-refractivity contribution in [2.24, 2.45) is 0 Å². The molecular formula is C9H9FS. The van der Waals surface area contributed by atoms with Gasteiger partial charge in [-0.25, -0.2) is 4.39 Å². The van der Waals surface area contributed by atoms with Crippen LogP contribution in [0.5, 0.6) is 0 Å². The van der Waals surface area contributed by atoms with Crippen molar-refractivity contribution in [1.29, 1.82) is 0 Å². The molecule has 1 aliphatic rings. The molecule has 0 nitrogen and oxygen atoms in total. The summed E-state index contributed by atoms with van der Waals surface area (Å²) >= 11 is 4.35. The summed E-state index contributed by atoms with van der Waals surface area (Å²) in [5.41, 5.74) is 2.39. The van der Waals surface area contributed by atoms with E-state index in [1.807, 2.05) is 6.07 Å². The molecule has 11 heavy (non-hydrogen) atoms. The highest BCUT2D eigenvalue weighted by Crippen LogP contribution is 2.25. The second-order valence-electron chi connectivity index (χ2n) is 2.98. The number of hydrogen-bond donors (Lipinski definition) is 1. The summed E-state index contributed by atoms with van der Waals surface area (Å²) in [6.07, 6.45) is 1.90. The Hall–Kier alpha value is -0.500. The van der Waals surface area contributed by atoms with E-state index in [0.717, 1.165) is 18.4 Å². The molecule has 0 amide bonds. The van der Waals surface area contributed by atoms with Gasteiger partial charge in [0.05, 0.1) is 0 Å². The lowest BCUT2D eigenvalue weighted by Crippen LogP contribution is -1.94. The van der Waals surface area contributed by atoms with Gasteiger partial charge in [0.1, 0.15) is 5.82 Å². The van der Waals surface area contributed by atoms with E-state index in [2.05, 4.69) is 12.6 Å². The van der Waals surface area contributed by atoms with Crippen LogP contribution in [0, 0.1) is 5.82 Å². The van der Waals surface area contributed by atoms with Crippen LogP contribution in [-0.2, 0) is 12.8 Å². The highest BCUT2D eigenvalue weighted by atomic mass is 32.1. The predicted octanol–water partition coefficient (Wildman–Crippen LogP) is 2.22. The molecule has 0 saturated carbocycles. The second kappa shape index (κ2) is 2.52. The van der Waals surface area contributed by atoms with Crippen LogP contribution in [0.4, 0.5) is 4.39 Å². The number of fused-ring (bicyclic) bond motifs is 1. The zero-order valence-corrected chi connectivity index (χ0v) is 6.94. The average Bonchev–Trinajstić information content (AvgIpc) is 2.27. The summed E-state index contributed by atoms with van der Waals surface area (Å²) < 4.78 is 12.7. The van der Waals surface area contributed by atoms with Gasteiger partial charge in [-0.3, -0.25) is 0 Å². The fourth-order valence-electron chi connectivity index (χ4n) is 1.56. The molecule has 0 N–H and O–H groups in total. The van der Waals surface area contributed by atoms with Gasteiger partial charge in [0.2, 0.25) is 0 Å². The summed E-state index contributed by atoms with van der Waals surface area (Å²) in [4.78, 5) is 0. The quantitative estimate of drug-likeness (QED) is 0.564. The van der Waals surface area contributed by atoms with Gasteiger partial charge in [-0.15, -0.1) is 0 Å². The Kier molecular flexibility index (Phi) is 1.64. The van der Waals surface area contributed by atoms with Crippen molar-refractivity contribution in [2.45, 2.75) is 18.1 Å². The first-order chi connectivity index (χ1) is 5.25. The molecular weight excluding hydrogens is 159 g/mol. The molecule has 1 atom stereocenters. The van der Waals surface area contributed by atoms with Crippen LogP contribution in [0.2, 0.25) is 0 Å². The van der Waals surface area contributed by atoms with Gasteiger partial charge < -0.3 is 0 Å². The molecule has 58 valence electrons. The van der Waals surface area contributed by atoms with Gasteiger partial charge in [-0.2, -0.15) is 12.6 Å². The third-order valence-electron chi connectivity index (χ3n) is 2.08. The highest BCUT2D eigenvalue weighted by molar-refractivity contribution is 7.81. The molecule has 0 fully saturated rings. The predicted molar refractivity (Wildman–Crippen MR) is 46.6 cm³/mol. The Labute approximate surface area is 70.8 Å². The van der Waals surface area contributed by atoms with Crippen LogP contribution in [0.1, 0.15) is 11.1 Å². The van der Waals surface area contributed by atoms with Crippen LogP contribution in [0.15, 0.2) is 18.2 Å². The molecule has 0 aliphatic heterocycles. The SMILES string of the molecule is Fc1ccc2c(c1)CC(S)C2. The Morgan fingerprint density at radius 3 is 2.82 bits per heavy atom. The molecule has 0 bridgehead atoms. The van der Waals surface area contributed by atoms with Gasteiger partial charge >= 0.3 is 0 Å². The molecule has 0 aromatic heterocycles. The van der Waals surface area contributed by atoms with E-state index < -0.39 is 0 Å².